The second-order valence-electron chi connectivity index (χ2n) is 6.99. The van der Waals surface area contributed by atoms with Crippen molar-refractivity contribution in [3.8, 4) is 0 Å². The molecule has 0 unspecified atom stereocenters. The molecule has 1 aliphatic carbocycles. The van der Waals surface area contributed by atoms with Gasteiger partial charge in [-0.2, -0.15) is 0 Å². The van der Waals surface area contributed by atoms with Crippen LogP contribution in [0.5, 0.6) is 0 Å². The van der Waals surface area contributed by atoms with E-state index in [9.17, 15) is 9.59 Å². The predicted molar refractivity (Wildman–Crippen MR) is 99.2 cm³/mol. The molecular formula is C19H28N4O3. The molecule has 26 heavy (non-hydrogen) atoms. The number of rotatable bonds is 5. The zero-order valence-corrected chi connectivity index (χ0v) is 15.4. The molecule has 2 amide bonds. The third-order valence-electron chi connectivity index (χ3n) is 5.07. The van der Waals surface area contributed by atoms with Crippen molar-refractivity contribution >= 4 is 17.7 Å². The van der Waals surface area contributed by atoms with Crippen molar-refractivity contribution in [1.82, 2.24) is 15.2 Å². The monoisotopic (exact) mass is 360 g/mol. The van der Waals surface area contributed by atoms with Gasteiger partial charge in [-0.1, -0.05) is 12.8 Å². The van der Waals surface area contributed by atoms with E-state index >= 15 is 0 Å². The van der Waals surface area contributed by atoms with Crippen molar-refractivity contribution in [3.05, 3.63) is 24.0 Å². The quantitative estimate of drug-likeness (QED) is 0.844. The molecule has 7 nitrogen and oxygen atoms in total. The van der Waals surface area contributed by atoms with Crippen molar-refractivity contribution in [2.75, 3.05) is 25.0 Å². The number of hydrogen-bond acceptors (Lipinski definition) is 5. The van der Waals surface area contributed by atoms with Gasteiger partial charge in [0.2, 0.25) is 0 Å². The number of amides is 2. The molecular weight excluding hydrogens is 332 g/mol. The number of carbonyl (C=O) groups excluding carboxylic acids is 2. The number of ether oxygens (including phenoxy) is 1. The topological polar surface area (TPSA) is 83.6 Å². The Morgan fingerprint density at radius 3 is 2.62 bits per heavy atom. The van der Waals surface area contributed by atoms with E-state index in [2.05, 4.69) is 15.6 Å². The Balaban J connectivity index is 1.50. The average Bonchev–Trinajstić information content (AvgIpc) is 3.16. The van der Waals surface area contributed by atoms with E-state index in [4.69, 9.17) is 4.74 Å². The number of likely N-dealkylation sites (tertiary alicyclic amines) is 1. The summed E-state index contributed by atoms with van der Waals surface area (Å²) in [5.74, 6) is -0.158. The first kappa shape index (κ1) is 18.5. The first-order valence-electron chi connectivity index (χ1n) is 9.61. The molecule has 1 aromatic rings. The van der Waals surface area contributed by atoms with E-state index in [1.54, 1.807) is 18.0 Å². The number of anilines is 1. The standard InChI is InChI=1S/C19H28N4O3/c1-2-26-19(25)23-11-8-15(9-12-23)22-18(24)17-13-16(7-10-20-17)21-14-5-3-4-6-14/h7,10,13-15H,2-6,8-9,11-12H2,1H3,(H,20,21)(H,22,24). The fourth-order valence-corrected chi connectivity index (χ4v) is 3.63. The molecule has 0 atom stereocenters. The van der Waals surface area contributed by atoms with E-state index in [0.29, 0.717) is 31.4 Å². The fourth-order valence-electron chi connectivity index (χ4n) is 3.63. The van der Waals surface area contributed by atoms with E-state index in [1.807, 2.05) is 12.1 Å². The summed E-state index contributed by atoms with van der Waals surface area (Å²) in [7, 11) is 0. The van der Waals surface area contributed by atoms with Gasteiger partial charge in [-0.15, -0.1) is 0 Å². The van der Waals surface area contributed by atoms with Crippen LogP contribution in [-0.4, -0.2) is 53.7 Å². The van der Waals surface area contributed by atoms with Gasteiger partial charge in [0.25, 0.3) is 5.91 Å². The van der Waals surface area contributed by atoms with Crippen LogP contribution in [0.2, 0.25) is 0 Å². The first-order chi connectivity index (χ1) is 12.7. The Hall–Kier alpha value is -2.31. The summed E-state index contributed by atoms with van der Waals surface area (Å²) in [5, 5.41) is 6.53. The van der Waals surface area contributed by atoms with E-state index in [0.717, 1.165) is 18.5 Å². The number of nitrogens with one attached hydrogen (secondary N) is 2. The fraction of sp³-hybridized carbons (Fsp3) is 0.632. The second-order valence-corrected chi connectivity index (χ2v) is 6.99. The van der Waals surface area contributed by atoms with E-state index in [-0.39, 0.29) is 18.0 Å². The number of carbonyl (C=O) groups is 2. The van der Waals surface area contributed by atoms with Gasteiger partial charge in [0.15, 0.2) is 0 Å². The minimum Gasteiger partial charge on any atom is -0.450 e. The van der Waals surface area contributed by atoms with Gasteiger partial charge in [-0.3, -0.25) is 9.78 Å². The van der Waals surface area contributed by atoms with Crippen LogP contribution in [0.3, 0.4) is 0 Å². The molecule has 142 valence electrons. The smallest absolute Gasteiger partial charge is 0.409 e. The Morgan fingerprint density at radius 2 is 1.92 bits per heavy atom. The van der Waals surface area contributed by atoms with Crippen molar-refractivity contribution < 1.29 is 14.3 Å². The maximum atomic E-state index is 12.5. The Morgan fingerprint density at radius 1 is 1.19 bits per heavy atom. The van der Waals surface area contributed by atoms with Gasteiger partial charge >= 0.3 is 6.09 Å². The number of pyridine rings is 1. The molecule has 0 spiro atoms. The highest BCUT2D eigenvalue weighted by molar-refractivity contribution is 5.93. The lowest BCUT2D eigenvalue weighted by Gasteiger charge is -2.31. The summed E-state index contributed by atoms with van der Waals surface area (Å²) in [5.41, 5.74) is 1.38. The minimum absolute atomic E-state index is 0.0569. The van der Waals surface area contributed by atoms with Crippen LogP contribution >= 0.6 is 0 Å². The Labute approximate surface area is 154 Å². The molecule has 0 aromatic carbocycles. The Kier molecular flexibility index (Phi) is 6.30. The van der Waals surface area contributed by atoms with Crippen LogP contribution in [0, 0.1) is 0 Å². The van der Waals surface area contributed by atoms with Gasteiger partial charge in [-0.05, 0) is 44.7 Å². The largest absolute Gasteiger partial charge is 0.450 e. The molecule has 1 saturated heterocycles. The van der Waals surface area contributed by atoms with Crippen molar-refractivity contribution in [3.63, 3.8) is 0 Å². The maximum Gasteiger partial charge on any atom is 0.409 e. The number of nitrogens with zero attached hydrogens (tertiary/aromatic N) is 2. The summed E-state index contributed by atoms with van der Waals surface area (Å²) in [6.45, 7) is 3.38. The third kappa shape index (κ3) is 4.86. The normalized spacial score (nSPS) is 18.6. The third-order valence-corrected chi connectivity index (χ3v) is 5.07. The second kappa shape index (κ2) is 8.87. The summed E-state index contributed by atoms with van der Waals surface area (Å²) < 4.78 is 5.02. The SMILES string of the molecule is CCOC(=O)N1CCC(NC(=O)c2cc(NC3CCCC3)ccn2)CC1. The molecule has 7 heteroatoms. The lowest BCUT2D eigenvalue weighted by molar-refractivity contribution is 0.0856. The predicted octanol–water partition coefficient (Wildman–Crippen LogP) is 2.79. The van der Waals surface area contributed by atoms with E-state index in [1.165, 1.54) is 25.7 Å². The molecule has 2 fully saturated rings. The molecule has 0 bridgehead atoms. The van der Waals surface area contributed by atoms with Crippen LogP contribution in [0.4, 0.5) is 10.5 Å². The summed E-state index contributed by atoms with van der Waals surface area (Å²) in [4.78, 5) is 30.1. The molecule has 1 aliphatic heterocycles. The summed E-state index contributed by atoms with van der Waals surface area (Å²) >= 11 is 0. The maximum absolute atomic E-state index is 12.5. The molecule has 1 aromatic heterocycles. The lowest BCUT2D eigenvalue weighted by atomic mass is 10.1. The highest BCUT2D eigenvalue weighted by Crippen LogP contribution is 2.22. The first-order valence-corrected chi connectivity index (χ1v) is 9.61. The zero-order valence-electron chi connectivity index (χ0n) is 15.4. The van der Waals surface area contributed by atoms with Crippen LogP contribution in [0.15, 0.2) is 18.3 Å². The Bertz CT molecular complexity index is 623. The number of hydrogen-bond donors (Lipinski definition) is 2. The van der Waals surface area contributed by atoms with E-state index < -0.39 is 0 Å². The minimum atomic E-state index is -0.273. The van der Waals surface area contributed by atoms with Crippen molar-refractivity contribution in [1.29, 1.82) is 0 Å². The molecule has 2 heterocycles. The zero-order chi connectivity index (χ0) is 18.4. The van der Waals surface area contributed by atoms with Gasteiger partial charge in [0.1, 0.15) is 5.69 Å². The van der Waals surface area contributed by atoms with Gasteiger partial charge < -0.3 is 20.3 Å². The molecule has 0 radical (unpaired) electrons. The molecule has 2 aliphatic rings. The summed E-state index contributed by atoms with van der Waals surface area (Å²) in [6.07, 6.45) is 7.75. The number of aromatic nitrogens is 1. The molecule has 1 saturated carbocycles. The molecule has 3 rings (SSSR count). The van der Waals surface area contributed by atoms with Gasteiger partial charge in [-0.25, -0.2) is 4.79 Å². The van der Waals surface area contributed by atoms with Crippen LogP contribution < -0.4 is 10.6 Å². The highest BCUT2D eigenvalue weighted by atomic mass is 16.6. The van der Waals surface area contributed by atoms with Crippen molar-refractivity contribution in [2.24, 2.45) is 0 Å². The van der Waals surface area contributed by atoms with Crippen molar-refractivity contribution in [2.45, 2.75) is 57.5 Å². The number of piperidine rings is 1. The average molecular weight is 360 g/mol. The molecule has 2 N–H and O–H groups in total. The van der Waals surface area contributed by atoms with Crippen LogP contribution in [-0.2, 0) is 4.74 Å². The highest BCUT2D eigenvalue weighted by Gasteiger charge is 2.25. The van der Waals surface area contributed by atoms with Gasteiger partial charge in [0.05, 0.1) is 6.61 Å². The lowest BCUT2D eigenvalue weighted by Crippen LogP contribution is -2.46. The summed E-state index contributed by atoms with van der Waals surface area (Å²) in [6, 6.07) is 4.29. The van der Waals surface area contributed by atoms with Crippen LogP contribution in [0.25, 0.3) is 0 Å². The van der Waals surface area contributed by atoms with Gasteiger partial charge in [0, 0.05) is 37.1 Å². The van der Waals surface area contributed by atoms with Crippen LogP contribution in [0.1, 0.15) is 55.9 Å².